The van der Waals surface area contributed by atoms with Crippen LogP contribution in [0.5, 0.6) is 0 Å². The third-order valence-corrected chi connectivity index (χ3v) is 8.64. The predicted molar refractivity (Wildman–Crippen MR) is 88.9 cm³/mol. The maximum absolute atomic E-state index is 6.29. The minimum atomic E-state index is -1.77. The lowest BCUT2D eigenvalue weighted by atomic mass is 10.2. The van der Waals surface area contributed by atoms with Gasteiger partial charge < -0.3 is 4.43 Å². The largest absolute Gasteiger partial charge is 0.533 e. The molecule has 0 unspecified atom stereocenters. The van der Waals surface area contributed by atoms with Crippen LogP contribution in [0.25, 0.3) is 0 Å². The van der Waals surface area contributed by atoms with Crippen LogP contribution in [0.3, 0.4) is 0 Å². The fraction of sp³-hybridized carbons (Fsp3) is 0.562. The van der Waals surface area contributed by atoms with E-state index in [1.165, 1.54) is 5.56 Å². The zero-order chi connectivity index (χ0) is 15.0. The minimum absolute atomic E-state index is 0.215. The summed E-state index contributed by atoms with van der Waals surface area (Å²) >= 11 is 0. The maximum Gasteiger partial charge on any atom is 0.252 e. The predicted octanol–water partition coefficient (Wildman–Crippen LogP) is 4.54. The quantitative estimate of drug-likeness (QED) is 0.747. The first-order valence-corrected chi connectivity index (χ1v) is 10.2. The molecule has 0 amide bonds. The second-order valence-corrected chi connectivity index (χ2v) is 11.8. The molecule has 0 spiro atoms. The van der Waals surface area contributed by atoms with Crippen molar-refractivity contribution >= 4 is 19.9 Å². The van der Waals surface area contributed by atoms with E-state index in [1.54, 1.807) is 0 Å². The Bertz CT molecular complexity index is 500. The first-order chi connectivity index (χ1) is 9.19. The molecule has 1 heterocycles. The van der Waals surface area contributed by atoms with Gasteiger partial charge in [0.1, 0.15) is 0 Å². The topological polar surface area (TPSA) is 24.8 Å². The molecule has 0 aliphatic carbocycles. The summed E-state index contributed by atoms with van der Waals surface area (Å²) in [5, 5.41) is 6.91. The van der Waals surface area contributed by atoms with Crippen LogP contribution in [-0.4, -0.2) is 20.8 Å². The van der Waals surface area contributed by atoms with Gasteiger partial charge in [-0.25, -0.2) is 0 Å². The van der Waals surface area contributed by atoms with Crippen molar-refractivity contribution in [3.8, 4) is 0 Å². The van der Waals surface area contributed by atoms with Crippen LogP contribution < -0.4 is 5.01 Å². The number of hydrazone groups is 1. The van der Waals surface area contributed by atoms with Gasteiger partial charge in [-0.05, 0) is 37.2 Å². The van der Waals surface area contributed by atoms with Gasteiger partial charge in [0.15, 0.2) is 5.90 Å². The molecule has 0 saturated carbocycles. The molecule has 0 aromatic heterocycles. The SMILES string of the molecule is Cc1ccc(N2CCC(O[Si](C)(C)C(C)(C)C)=N2)cc1. The zero-order valence-electron chi connectivity index (χ0n) is 13.5. The van der Waals surface area contributed by atoms with Gasteiger partial charge in [-0.15, -0.1) is 5.10 Å². The Morgan fingerprint density at radius 3 is 2.30 bits per heavy atom. The highest BCUT2D eigenvalue weighted by Crippen LogP contribution is 2.37. The van der Waals surface area contributed by atoms with Gasteiger partial charge in [0.2, 0.25) is 0 Å². The van der Waals surface area contributed by atoms with E-state index in [4.69, 9.17) is 4.43 Å². The van der Waals surface area contributed by atoms with Crippen molar-refractivity contribution in [2.24, 2.45) is 5.10 Å². The number of rotatable bonds is 2. The molecule has 1 aromatic carbocycles. The summed E-state index contributed by atoms with van der Waals surface area (Å²) in [4.78, 5) is 0. The second-order valence-electron chi connectivity index (χ2n) is 7.06. The fourth-order valence-electron chi connectivity index (χ4n) is 1.86. The van der Waals surface area contributed by atoms with E-state index in [2.05, 4.69) is 70.2 Å². The first-order valence-electron chi connectivity index (χ1n) is 7.30. The molecule has 1 aromatic rings. The average Bonchev–Trinajstić information content (AvgIpc) is 2.76. The zero-order valence-corrected chi connectivity index (χ0v) is 14.5. The highest BCUT2D eigenvalue weighted by Gasteiger charge is 2.40. The van der Waals surface area contributed by atoms with E-state index >= 15 is 0 Å². The number of hydrogen-bond acceptors (Lipinski definition) is 3. The van der Waals surface area contributed by atoms with Crippen molar-refractivity contribution in [1.29, 1.82) is 0 Å². The van der Waals surface area contributed by atoms with Gasteiger partial charge in [0.05, 0.1) is 12.2 Å². The Morgan fingerprint density at radius 1 is 1.15 bits per heavy atom. The molecule has 1 aliphatic heterocycles. The van der Waals surface area contributed by atoms with Gasteiger partial charge >= 0.3 is 0 Å². The smallest absolute Gasteiger partial charge is 0.252 e. The molecule has 0 saturated heterocycles. The molecular formula is C16H26N2OSi. The summed E-state index contributed by atoms with van der Waals surface area (Å²) in [7, 11) is -1.77. The molecule has 4 heteroatoms. The monoisotopic (exact) mass is 290 g/mol. The van der Waals surface area contributed by atoms with Gasteiger partial charge in [-0.3, -0.25) is 5.01 Å². The third-order valence-electron chi connectivity index (χ3n) is 4.28. The molecular weight excluding hydrogens is 264 g/mol. The number of hydrogen-bond donors (Lipinski definition) is 0. The van der Waals surface area contributed by atoms with Crippen LogP contribution >= 0.6 is 0 Å². The van der Waals surface area contributed by atoms with Crippen LogP contribution in [0.4, 0.5) is 5.69 Å². The van der Waals surface area contributed by atoms with Gasteiger partial charge in [0, 0.05) is 6.42 Å². The van der Waals surface area contributed by atoms with Crippen LogP contribution in [0.2, 0.25) is 18.1 Å². The number of aryl methyl sites for hydroxylation is 1. The second kappa shape index (κ2) is 5.24. The van der Waals surface area contributed by atoms with E-state index < -0.39 is 8.32 Å². The lowest BCUT2D eigenvalue weighted by Crippen LogP contribution is -2.42. The minimum Gasteiger partial charge on any atom is -0.533 e. The van der Waals surface area contributed by atoms with Crippen molar-refractivity contribution in [3.05, 3.63) is 29.8 Å². The fourth-order valence-corrected chi connectivity index (χ4v) is 2.90. The lowest BCUT2D eigenvalue weighted by molar-refractivity contribution is 0.479. The molecule has 0 N–H and O–H groups in total. The number of nitrogens with zero attached hydrogens (tertiary/aromatic N) is 2. The highest BCUT2D eigenvalue weighted by atomic mass is 28.4. The van der Waals surface area contributed by atoms with Gasteiger partial charge in [-0.2, -0.15) is 0 Å². The number of benzene rings is 1. The maximum atomic E-state index is 6.29. The molecule has 2 rings (SSSR count). The highest BCUT2D eigenvalue weighted by molar-refractivity contribution is 6.75. The lowest BCUT2D eigenvalue weighted by Gasteiger charge is -2.36. The normalized spacial score (nSPS) is 16.3. The summed E-state index contributed by atoms with van der Waals surface area (Å²) < 4.78 is 6.29. The summed E-state index contributed by atoms with van der Waals surface area (Å²) in [5.41, 5.74) is 2.42. The third kappa shape index (κ3) is 3.23. The summed E-state index contributed by atoms with van der Waals surface area (Å²) in [5.74, 6) is 0.900. The van der Waals surface area contributed by atoms with Crippen molar-refractivity contribution in [2.45, 2.75) is 52.2 Å². The molecule has 3 nitrogen and oxygen atoms in total. The number of anilines is 1. The van der Waals surface area contributed by atoms with Crippen LogP contribution in [-0.2, 0) is 4.43 Å². The molecule has 110 valence electrons. The summed E-state index contributed by atoms with van der Waals surface area (Å²) in [6.07, 6.45) is 0.903. The summed E-state index contributed by atoms with van der Waals surface area (Å²) in [6, 6.07) is 8.48. The van der Waals surface area contributed by atoms with Crippen molar-refractivity contribution in [2.75, 3.05) is 11.6 Å². The van der Waals surface area contributed by atoms with Crippen LogP contribution in [0.1, 0.15) is 32.8 Å². The van der Waals surface area contributed by atoms with Gasteiger partial charge in [-0.1, -0.05) is 38.5 Å². The van der Waals surface area contributed by atoms with E-state index in [9.17, 15) is 0 Å². The Labute approximate surface area is 123 Å². The van der Waals surface area contributed by atoms with E-state index in [0.717, 1.165) is 24.6 Å². The van der Waals surface area contributed by atoms with Crippen LogP contribution in [0, 0.1) is 6.92 Å². The molecule has 0 fully saturated rings. The Hall–Kier alpha value is -1.29. The first kappa shape index (κ1) is 15.1. The molecule has 0 bridgehead atoms. The van der Waals surface area contributed by atoms with Crippen molar-refractivity contribution < 1.29 is 4.43 Å². The standard InChI is InChI=1S/C16H26N2OSi/c1-13-7-9-14(10-8-13)18-12-11-15(17-18)19-20(5,6)16(2,3)4/h7-10H,11-12H2,1-6H3. The summed E-state index contributed by atoms with van der Waals surface area (Å²) in [6.45, 7) is 14.3. The average molecular weight is 290 g/mol. The Kier molecular flexibility index (Phi) is 3.96. The Balaban J connectivity index is 2.09. The molecule has 20 heavy (non-hydrogen) atoms. The van der Waals surface area contributed by atoms with Crippen molar-refractivity contribution in [1.82, 2.24) is 0 Å². The van der Waals surface area contributed by atoms with E-state index in [-0.39, 0.29) is 5.04 Å². The molecule has 1 aliphatic rings. The van der Waals surface area contributed by atoms with Gasteiger partial charge in [0.25, 0.3) is 8.32 Å². The molecule has 0 radical (unpaired) electrons. The van der Waals surface area contributed by atoms with E-state index in [1.807, 2.05) is 5.01 Å². The van der Waals surface area contributed by atoms with E-state index in [0.29, 0.717) is 0 Å². The van der Waals surface area contributed by atoms with Crippen LogP contribution in [0.15, 0.2) is 29.4 Å². The Morgan fingerprint density at radius 2 is 1.75 bits per heavy atom. The molecule has 0 atom stereocenters. The van der Waals surface area contributed by atoms with Crippen molar-refractivity contribution in [3.63, 3.8) is 0 Å².